The molecular formula is C23H31N7O2S. The molecule has 176 valence electrons. The molecule has 6 N–H and O–H groups in total. The van der Waals surface area contributed by atoms with Crippen LogP contribution >= 0.6 is 11.3 Å². The van der Waals surface area contributed by atoms with Crippen LogP contribution in [0.2, 0.25) is 0 Å². The van der Waals surface area contributed by atoms with Gasteiger partial charge in [-0.3, -0.25) is 4.79 Å². The van der Waals surface area contributed by atoms with E-state index in [4.69, 9.17) is 21.6 Å². The van der Waals surface area contributed by atoms with E-state index in [0.29, 0.717) is 29.2 Å². The number of nitrogens with two attached hydrogens (primary N) is 2. The van der Waals surface area contributed by atoms with Gasteiger partial charge in [-0.15, -0.1) is 11.3 Å². The van der Waals surface area contributed by atoms with E-state index >= 15 is 0 Å². The maximum absolute atomic E-state index is 9.43. The first-order valence-electron chi connectivity index (χ1n) is 10.8. The van der Waals surface area contributed by atoms with Crippen molar-refractivity contribution in [1.82, 2.24) is 14.9 Å². The highest BCUT2D eigenvalue weighted by Gasteiger charge is 2.21. The standard InChI is InChI=1S/C20H24N6OS.C3H7NO/c1-11(8-21)27-16-7-14(23)12(9-22)6-15(16)26-19-18-13-4-2-3-5-17(13)28-20(18)25-10-24-19;1-4(2)3-5/h6-7,9-11,22H,2-5,8,21,23H2,1H3,(H,24,25,26);3H,1-2H3. The van der Waals surface area contributed by atoms with Gasteiger partial charge >= 0.3 is 0 Å². The van der Waals surface area contributed by atoms with E-state index in [1.807, 2.05) is 13.0 Å². The molecular weight excluding hydrogens is 438 g/mol. The molecule has 4 rings (SSSR count). The van der Waals surface area contributed by atoms with Crippen LogP contribution in [-0.4, -0.2) is 54.2 Å². The van der Waals surface area contributed by atoms with Crippen molar-refractivity contribution < 1.29 is 9.53 Å². The molecule has 0 aliphatic heterocycles. The summed E-state index contributed by atoms with van der Waals surface area (Å²) in [4.78, 5) is 22.3. The number of ether oxygens (including phenoxy) is 1. The number of hydrogen-bond donors (Lipinski definition) is 4. The van der Waals surface area contributed by atoms with Crippen molar-refractivity contribution in [3.63, 3.8) is 0 Å². The van der Waals surface area contributed by atoms with Crippen LogP contribution in [0.5, 0.6) is 5.75 Å². The Labute approximate surface area is 197 Å². The van der Waals surface area contributed by atoms with Crippen molar-refractivity contribution in [2.75, 3.05) is 31.7 Å². The van der Waals surface area contributed by atoms with Crippen LogP contribution in [0.3, 0.4) is 0 Å². The zero-order valence-electron chi connectivity index (χ0n) is 19.2. The van der Waals surface area contributed by atoms with Crippen molar-refractivity contribution >= 4 is 51.4 Å². The summed E-state index contributed by atoms with van der Waals surface area (Å²) in [6, 6.07) is 3.55. The average Bonchev–Trinajstić information content (AvgIpc) is 3.20. The Morgan fingerprint density at radius 3 is 2.70 bits per heavy atom. The molecule has 0 saturated carbocycles. The van der Waals surface area contributed by atoms with Crippen LogP contribution in [-0.2, 0) is 17.6 Å². The number of anilines is 3. The number of thiophene rings is 1. The van der Waals surface area contributed by atoms with Crippen LogP contribution < -0.4 is 21.5 Å². The number of nitrogens with one attached hydrogen (secondary N) is 2. The van der Waals surface area contributed by atoms with E-state index in [0.717, 1.165) is 35.3 Å². The lowest BCUT2D eigenvalue weighted by molar-refractivity contribution is -0.115. The highest BCUT2D eigenvalue weighted by Crippen LogP contribution is 2.40. The minimum absolute atomic E-state index is 0.162. The number of nitrogen functional groups attached to an aromatic ring is 1. The third-order valence-corrected chi connectivity index (χ3v) is 6.42. The molecule has 9 nitrogen and oxygen atoms in total. The largest absolute Gasteiger partial charge is 0.487 e. The minimum atomic E-state index is -0.162. The molecule has 1 atom stereocenters. The van der Waals surface area contributed by atoms with Gasteiger partial charge in [-0.25, -0.2) is 9.97 Å². The van der Waals surface area contributed by atoms with Crippen molar-refractivity contribution in [2.45, 2.75) is 38.7 Å². The van der Waals surface area contributed by atoms with Gasteiger partial charge in [-0.1, -0.05) is 0 Å². The number of amides is 1. The van der Waals surface area contributed by atoms with Crippen molar-refractivity contribution in [2.24, 2.45) is 5.73 Å². The molecule has 1 unspecified atom stereocenters. The zero-order valence-corrected chi connectivity index (χ0v) is 20.0. The smallest absolute Gasteiger partial charge is 0.209 e. The lowest BCUT2D eigenvalue weighted by Gasteiger charge is -2.19. The topological polar surface area (TPSA) is 143 Å². The van der Waals surface area contributed by atoms with E-state index in [2.05, 4.69) is 15.3 Å². The predicted octanol–water partition coefficient (Wildman–Crippen LogP) is 3.32. The molecule has 10 heteroatoms. The molecule has 0 fully saturated rings. The normalized spacial score (nSPS) is 13.3. The molecule has 1 amide bonds. The molecule has 0 saturated heterocycles. The molecule has 3 aromatic rings. The molecule has 1 aliphatic carbocycles. The molecule has 0 radical (unpaired) electrons. The van der Waals surface area contributed by atoms with Gasteiger partial charge in [0, 0.05) is 49.0 Å². The third-order valence-electron chi connectivity index (χ3n) is 5.22. The molecule has 2 heterocycles. The summed E-state index contributed by atoms with van der Waals surface area (Å²) in [6.07, 6.45) is 7.99. The van der Waals surface area contributed by atoms with Gasteiger partial charge in [0.1, 0.15) is 28.8 Å². The number of aryl methyl sites for hydroxylation is 2. The van der Waals surface area contributed by atoms with Gasteiger partial charge in [-0.2, -0.15) is 0 Å². The number of rotatable bonds is 7. The lowest BCUT2D eigenvalue weighted by atomic mass is 9.97. The number of nitrogens with zero attached hydrogens (tertiary/aromatic N) is 3. The summed E-state index contributed by atoms with van der Waals surface area (Å²) in [6.45, 7) is 2.30. The van der Waals surface area contributed by atoms with Crippen LogP contribution in [0.15, 0.2) is 18.5 Å². The average molecular weight is 470 g/mol. The highest BCUT2D eigenvalue weighted by atomic mass is 32.1. The number of carbonyl (C=O) groups excluding carboxylic acids is 1. The molecule has 0 bridgehead atoms. The lowest BCUT2D eigenvalue weighted by Crippen LogP contribution is -2.23. The molecule has 0 spiro atoms. The fourth-order valence-corrected chi connectivity index (χ4v) is 4.74. The van der Waals surface area contributed by atoms with E-state index in [1.54, 1.807) is 37.8 Å². The van der Waals surface area contributed by atoms with Gasteiger partial charge < -0.3 is 31.8 Å². The van der Waals surface area contributed by atoms with E-state index < -0.39 is 0 Å². The van der Waals surface area contributed by atoms with E-state index in [1.165, 1.54) is 34.4 Å². The number of fused-ring (bicyclic) bond motifs is 3. The molecule has 33 heavy (non-hydrogen) atoms. The Kier molecular flexibility index (Phi) is 8.18. The van der Waals surface area contributed by atoms with Crippen LogP contribution in [0, 0.1) is 5.41 Å². The maximum atomic E-state index is 9.43. The molecule has 2 aromatic heterocycles. The van der Waals surface area contributed by atoms with Crippen molar-refractivity contribution in [3.8, 4) is 5.75 Å². The number of hydrogen-bond acceptors (Lipinski definition) is 9. The first-order valence-corrected chi connectivity index (χ1v) is 11.6. The SMILES string of the molecule is CC(CN)Oc1cc(N)c(C=N)cc1Nc1ncnc2sc3c(c12)CCCC3.CN(C)C=O. The zero-order chi connectivity index (χ0) is 24.0. The predicted molar refractivity (Wildman–Crippen MR) is 135 cm³/mol. The Morgan fingerprint density at radius 2 is 2.03 bits per heavy atom. The second kappa shape index (κ2) is 11.1. The summed E-state index contributed by atoms with van der Waals surface area (Å²) in [5.41, 5.74) is 15.0. The summed E-state index contributed by atoms with van der Waals surface area (Å²) >= 11 is 1.76. The fourth-order valence-electron chi connectivity index (χ4n) is 3.51. The number of benzene rings is 1. The second-order valence-electron chi connectivity index (χ2n) is 8.09. The summed E-state index contributed by atoms with van der Waals surface area (Å²) in [7, 11) is 3.38. The van der Waals surface area contributed by atoms with Gasteiger partial charge in [0.05, 0.1) is 11.1 Å². The first kappa shape index (κ1) is 24.4. The number of carbonyl (C=O) groups is 1. The Morgan fingerprint density at radius 1 is 1.30 bits per heavy atom. The van der Waals surface area contributed by atoms with E-state index in [-0.39, 0.29) is 6.10 Å². The Bertz CT molecular complexity index is 1130. The number of aromatic nitrogens is 2. The quantitative estimate of drug-likeness (QED) is 0.236. The van der Waals surface area contributed by atoms with Crippen LogP contribution in [0.25, 0.3) is 10.2 Å². The van der Waals surface area contributed by atoms with Crippen LogP contribution in [0.4, 0.5) is 17.2 Å². The van der Waals surface area contributed by atoms with Crippen molar-refractivity contribution in [3.05, 3.63) is 34.5 Å². The van der Waals surface area contributed by atoms with Gasteiger partial charge in [0.15, 0.2) is 0 Å². The third kappa shape index (κ3) is 5.77. The Balaban J connectivity index is 0.000000555. The summed E-state index contributed by atoms with van der Waals surface area (Å²) < 4.78 is 5.97. The summed E-state index contributed by atoms with van der Waals surface area (Å²) in [5, 5.41) is 12.1. The van der Waals surface area contributed by atoms with Gasteiger partial charge in [-0.05, 0) is 44.2 Å². The fraction of sp³-hybridized carbons (Fsp3) is 0.391. The second-order valence-corrected chi connectivity index (χ2v) is 9.18. The first-order chi connectivity index (χ1) is 15.9. The van der Waals surface area contributed by atoms with Gasteiger partial charge in [0.2, 0.25) is 6.41 Å². The van der Waals surface area contributed by atoms with Crippen LogP contribution in [0.1, 0.15) is 35.8 Å². The highest BCUT2D eigenvalue weighted by molar-refractivity contribution is 7.19. The summed E-state index contributed by atoms with van der Waals surface area (Å²) in [5.74, 6) is 1.35. The Hall–Kier alpha value is -3.24. The minimum Gasteiger partial charge on any atom is -0.487 e. The monoisotopic (exact) mass is 469 g/mol. The molecule has 1 aromatic carbocycles. The molecule has 1 aliphatic rings. The van der Waals surface area contributed by atoms with Gasteiger partial charge in [0.25, 0.3) is 0 Å². The van der Waals surface area contributed by atoms with E-state index in [9.17, 15) is 4.79 Å². The maximum Gasteiger partial charge on any atom is 0.209 e. The van der Waals surface area contributed by atoms with Crippen molar-refractivity contribution in [1.29, 1.82) is 5.41 Å².